The number of pyridine rings is 1. The van der Waals surface area contributed by atoms with E-state index in [9.17, 15) is 5.26 Å². The Morgan fingerprint density at radius 3 is 2.78 bits per heavy atom. The van der Waals surface area contributed by atoms with Crippen molar-refractivity contribution in [3.63, 3.8) is 0 Å². The van der Waals surface area contributed by atoms with Gasteiger partial charge in [-0.25, -0.2) is 0 Å². The van der Waals surface area contributed by atoms with Gasteiger partial charge in [0.2, 0.25) is 0 Å². The number of anilines is 2. The van der Waals surface area contributed by atoms with Gasteiger partial charge >= 0.3 is 0 Å². The van der Waals surface area contributed by atoms with E-state index in [-0.39, 0.29) is 0 Å². The Morgan fingerprint density at radius 1 is 1.06 bits per heavy atom. The van der Waals surface area contributed by atoms with Crippen molar-refractivity contribution in [1.82, 2.24) is 15.2 Å². The first kappa shape index (κ1) is 19.5. The molecule has 3 aliphatic heterocycles. The molecule has 0 radical (unpaired) electrons. The number of nitrogens with zero attached hydrogens (tertiary/aromatic N) is 5. The quantitative estimate of drug-likeness (QED) is 0.681. The molecule has 0 bridgehead atoms. The van der Waals surface area contributed by atoms with Crippen LogP contribution >= 0.6 is 0 Å². The van der Waals surface area contributed by atoms with Gasteiger partial charge in [0.25, 0.3) is 0 Å². The summed E-state index contributed by atoms with van der Waals surface area (Å²) in [5.41, 5.74) is 6.93. The van der Waals surface area contributed by atoms with Crippen LogP contribution in [-0.4, -0.2) is 55.2 Å². The molecule has 32 heavy (non-hydrogen) atoms. The highest BCUT2D eigenvalue weighted by molar-refractivity contribution is 5.95. The summed E-state index contributed by atoms with van der Waals surface area (Å²) in [6.45, 7) is 9.59. The van der Waals surface area contributed by atoms with Gasteiger partial charge in [0.15, 0.2) is 0 Å². The van der Waals surface area contributed by atoms with Crippen LogP contribution in [0.25, 0.3) is 10.9 Å². The second kappa shape index (κ2) is 7.77. The van der Waals surface area contributed by atoms with E-state index in [0.717, 1.165) is 56.7 Å². The second-order valence-corrected chi connectivity index (χ2v) is 9.21. The fraction of sp³-hybridized carbons (Fsp3) is 0.385. The molecule has 162 valence electrons. The monoisotopic (exact) mass is 424 g/mol. The molecule has 2 saturated heterocycles. The predicted molar refractivity (Wildman–Crippen MR) is 128 cm³/mol. The molecule has 3 aliphatic rings. The van der Waals surface area contributed by atoms with Gasteiger partial charge < -0.3 is 15.1 Å². The number of nitriles is 1. The molecule has 0 saturated carbocycles. The molecule has 2 fully saturated rings. The van der Waals surface area contributed by atoms with Crippen LogP contribution in [0.4, 0.5) is 11.4 Å². The summed E-state index contributed by atoms with van der Waals surface area (Å²) in [4.78, 5) is 12.2. The molecule has 0 amide bonds. The average Bonchev–Trinajstić information content (AvgIpc) is 3.22. The molecule has 3 aromatic rings. The molecule has 0 unspecified atom stereocenters. The van der Waals surface area contributed by atoms with E-state index in [1.165, 1.54) is 22.5 Å². The number of aromatic nitrogens is 1. The number of nitrogens with one attached hydrogen (secondary N) is 1. The molecule has 4 heterocycles. The summed E-state index contributed by atoms with van der Waals surface area (Å²) < 4.78 is 0. The van der Waals surface area contributed by atoms with Gasteiger partial charge in [0.05, 0.1) is 17.1 Å². The first-order valence-corrected chi connectivity index (χ1v) is 11.6. The van der Waals surface area contributed by atoms with Gasteiger partial charge in [0.1, 0.15) is 6.07 Å². The van der Waals surface area contributed by atoms with Gasteiger partial charge in [-0.2, -0.15) is 5.26 Å². The Kier molecular flexibility index (Phi) is 4.74. The molecule has 2 aromatic carbocycles. The van der Waals surface area contributed by atoms with Crippen LogP contribution in [0.2, 0.25) is 0 Å². The lowest BCUT2D eigenvalue weighted by Gasteiger charge is -2.44. The summed E-state index contributed by atoms with van der Waals surface area (Å²) in [5, 5.41) is 14.0. The number of fused-ring (bicyclic) bond motifs is 4. The van der Waals surface area contributed by atoms with Crippen molar-refractivity contribution < 1.29 is 0 Å². The van der Waals surface area contributed by atoms with Gasteiger partial charge in [-0.3, -0.25) is 9.88 Å². The van der Waals surface area contributed by atoms with Crippen LogP contribution in [0, 0.1) is 11.3 Å². The minimum absolute atomic E-state index is 0.396. The summed E-state index contributed by atoms with van der Waals surface area (Å²) in [6, 6.07) is 18.3. The Bertz CT molecular complexity index is 1210. The maximum absolute atomic E-state index is 9.51. The van der Waals surface area contributed by atoms with Crippen molar-refractivity contribution in [3.8, 4) is 6.07 Å². The lowest BCUT2D eigenvalue weighted by molar-refractivity contribution is 0.134. The van der Waals surface area contributed by atoms with E-state index < -0.39 is 0 Å². The van der Waals surface area contributed by atoms with Crippen molar-refractivity contribution >= 4 is 22.3 Å². The molecule has 0 spiro atoms. The summed E-state index contributed by atoms with van der Waals surface area (Å²) in [6.07, 6.45) is 1.77. The normalized spacial score (nSPS) is 23.1. The number of benzene rings is 2. The Hall–Kier alpha value is -3.14. The zero-order valence-electron chi connectivity index (χ0n) is 18.5. The maximum atomic E-state index is 9.51. The Morgan fingerprint density at radius 2 is 1.94 bits per heavy atom. The molecular formula is C26H28N6. The molecule has 1 N–H and O–H groups in total. The van der Waals surface area contributed by atoms with E-state index in [4.69, 9.17) is 0 Å². The molecule has 0 aliphatic carbocycles. The fourth-order valence-electron chi connectivity index (χ4n) is 5.75. The Balaban J connectivity index is 1.33. The zero-order chi connectivity index (χ0) is 21.7. The summed E-state index contributed by atoms with van der Waals surface area (Å²) >= 11 is 0. The predicted octanol–water partition coefficient (Wildman–Crippen LogP) is 3.28. The van der Waals surface area contributed by atoms with Crippen LogP contribution in [0.15, 0.2) is 48.7 Å². The minimum Gasteiger partial charge on any atom is -0.369 e. The lowest BCUT2D eigenvalue weighted by atomic mass is 9.99. The average molecular weight is 425 g/mol. The fourth-order valence-corrected chi connectivity index (χ4v) is 5.75. The standard InChI is InChI=1S/C26H28N6/c1-18-15-31(24-7-4-19(14-27)26-23(24)3-2-8-29-26)17-25-22-6-5-21(13-20(22)16-32(18)25)30-11-9-28-10-12-30/h2-8,13,18,25,28H,9-12,15-17H2,1H3/t18-,25-/m0/s1. The van der Waals surface area contributed by atoms with Gasteiger partial charge in [-0.1, -0.05) is 6.07 Å². The third kappa shape index (κ3) is 3.12. The summed E-state index contributed by atoms with van der Waals surface area (Å²) in [5.74, 6) is 0. The lowest BCUT2D eigenvalue weighted by Crippen LogP contribution is -2.51. The van der Waals surface area contributed by atoms with E-state index in [2.05, 4.69) is 68.3 Å². The van der Waals surface area contributed by atoms with Crippen molar-refractivity contribution in [1.29, 1.82) is 5.26 Å². The van der Waals surface area contributed by atoms with Crippen LogP contribution in [0.5, 0.6) is 0 Å². The summed E-state index contributed by atoms with van der Waals surface area (Å²) in [7, 11) is 0. The smallest absolute Gasteiger partial charge is 0.101 e. The topological polar surface area (TPSA) is 58.4 Å². The van der Waals surface area contributed by atoms with Crippen molar-refractivity contribution in [2.24, 2.45) is 0 Å². The minimum atomic E-state index is 0.396. The van der Waals surface area contributed by atoms with Gasteiger partial charge in [0, 0.05) is 74.8 Å². The molecule has 6 nitrogen and oxygen atoms in total. The van der Waals surface area contributed by atoms with Crippen molar-refractivity contribution in [2.75, 3.05) is 49.1 Å². The first-order valence-electron chi connectivity index (χ1n) is 11.6. The van der Waals surface area contributed by atoms with Crippen LogP contribution < -0.4 is 15.1 Å². The largest absolute Gasteiger partial charge is 0.369 e. The third-order valence-corrected chi connectivity index (χ3v) is 7.37. The number of rotatable bonds is 2. The van der Waals surface area contributed by atoms with Gasteiger partial charge in [-0.05, 0) is 54.4 Å². The SMILES string of the molecule is C[C@H]1CN(c2ccc(C#N)c3ncccc23)C[C@H]2c3ccc(N4CCNCC4)cc3CN12. The van der Waals surface area contributed by atoms with Crippen LogP contribution in [0.3, 0.4) is 0 Å². The molecule has 6 heteroatoms. The zero-order valence-corrected chi connectivity index (χ0v) is 18.5. The highest BCUT2D eigenvalue weighted by atomic mass is 15.3. The Labute approximate surface area is 189 Å². The first-order chi connectivity index (χ1) is 15.7. The second-order valence-electron chi connectivity index (χ2n) is 9.21. The van der Waals surface area contributed by atoms with E-state index in [0.29, 0.717) is 17.6 Å². The number of hydrogen-bond acceptors (Lipinski definition) is 6. The number of piperazine rings is 2. The third-order valence-electron chi connectivity index (χ3n) is 7.37. The van der Waals surface area contributed by atoms with Gasteiger partial charge in [-0.15, -0.1) is 0 Å². The molecule has 2 atom stereocenters. The highest BCUT2D eigenvalue weighted by Crippen LogP contribution is 2.42. The van der Waals surface area contributed by atoms with Crippen LogP contribution in [-0.2, 0) is 6.54 Å². The maximum Gasteiger partial charge on any atom is 0.101 e. The van der Waals surface area contributed by atoms with Crippen molar-refractivity contribution in [2.45, 2.75) is 25.6 Å². The number of hydrogen-bond donors (Lipinski definition) is 1. The molecular weight excluding hydrogens is 396 g/mol. The molecule has 1 aromatic heterocycles. The van der Waals surface area contributed by atoms with E-state index >= 15 is 0 Å². The molecule has 6 rings (SSSR count). The van der Waals surface area contributed by atoms with Crippen LogP contribution in [0.1, 0.15) is 29.7 Å². The van der Waals surface area contributed by atoms with Crippen molar-refractivity contribution in [3.05, 3.63) is 65.4 Å². The highest BCUT2D eigenvalue weighted by Gasteiger charge is 2.39. The van der Waals surface area contributed by atoms with E-state index in [1.807, 2.05) is 12.1 Å². The van der Waals surface area contributed by atoms with E-state index in [1.54, 1.807) is 6.20 Å².